The van der Waals surface area contributed by atoms with E-state index in [4.69, 9.17) is 18.9 Å². The second kappa shape index (κ2) is 5.27. The Balaban J connectivity index is 1.82. The van der Waals surface area contributed by atoms with Crippen LogP contribution in [-0.4, -0.2) is 59.4 Å². The topological polar surface area (TPSA) is 77.4 Å². The van der Waals surface area contributed by atoms with Crippen molar-refractivity contribution in [1.82, 2.24) is 0 Å². The molecule has 2 aliphatic heterocycles. The summed E-state index contributed by atoms with van der Waals surface area (Å²) in [5.74, 6) is -1.33. The lowest BCUT2D eigenvalue weighted by molar-refractivity contribution is -0.165. The molecule has 0 spiro atoms. The van der Waals surface area contributed by atoms with Gasteiger partial charge in [-0.3, -0.25) is 0 Å². The number of aliphatic hydroxyl groups excluding tert-OH is 2. The van der Waals surface area contributed by atoms with Crippen molar-refractivity contribution in [2.24, 2.45) is 0 Å². The molecule has 112 valence electrons. The standard InChI is InChI=1S/C13H24O6/c1-12(2)16-6-8(18-12)5-9(14)11(15)10-7-17-13(3,4)19-10/h8-11,14-15H,5-7H2,1-4H3/t8-,9-,10-,11+/m1/s1. The molecule has 4 atom stereocenters. The molecule has 2 saturated heterocycles. The van der Waals surface area contributed by atoms with Crippen LogP contribution in [0, 0.1) is 0 Å². The summed E-state index contributed by atoms with van der Waals surface area (Å²) in [4.78, 5) is 0. The van der Waals surface area contributed by atoms with Crippen LogP contribution in [0.15, 0.2) is 0 Å². The van der Waals surface area contributed by atoms with Crippen LogP contribution in [0.3, 0.4) is 0 Å². The van der Waals surface area contributed by atoms with Gasteiger partial charge in [0, 0.05) is 6.42 Å². The number of ether oxygens (including phenoxy) is 4. The van der Waals surface area contributed by atoms with Crippen molar-refractivity contribution < 1.29 is 29.2 Å². The number of hydrogen-bond donors (Lipinski definition) is 2. The monoisotopic (exact) mass is 276 g/mol. The molecule has 0 aliphatic carbocycles. The van der Waals surface area contributed by atoms with E-state index in [1.807, 2.05) is 13.8 Å². The zero-order valence-corrected chi connectivity index (χ0v) is 12.0. The van der Waals surface area contributed by atoms with Crippen LogP contribution in [0.1, 0.15) is 34.1 Å². The molecule has 6 heteroatoms. The minimum absolute atomic E-state index is 0.213. The van der Waals surface area contributed by atoms with Crippen molar-refractivity contribution >= 4 is 0 Å². The summed E-state index contributed by atoms with van der Waals surface area (Å²) in [6, 6.07) is 0. The van der Waals surface area contributed by atoms with Crippen molar-refractivity contribution in [1.29, 1.82) is 0 Å². The first-order chi connectivity index (χ1) is 8.69. The van der Waals surface area contributed by atoms with E-state index in [0.717, 1.165) is 0 Å². The molecule has 0 saturated carbocycles. The molecule has 0 aromatic heterocycles. The Morgan fingerprint density at radius 3 is 2.05 bits per heavy atom. The summed E-state index contributed by atoms with van der Waals surface area (Å²) in [5.41, 5.74) is 0. The molecule has 2 rings (SSSR count). The smallest absolute Gasteiger partial charge is 0.163 e. The molecule has 2 aliphatic rings. The average Bonchev–Trinajstić information content (AvgIpc) is 2.80. The fraction of sp³-hybridized carbons (Fsp3) is 1.00. The van der Waals surface area contributed by atoms with Gasteiger partial charge in [0.25, 0.3) is 0 Å². The summed E-state index contributed by atoms with van der Waals surface area (Å²) >= 11 is 0. The van der Waals surface area contributed by atoms with Crippen molar-refractivity contribution in [3.63, 3.8) is 0 Å². The number of hydrogen-bond acceptors (Lipinski definition) is 6. The summed E-state index contributed by atoms with van der Waals surface area (Å²) in [6.07, 6.45) is -2.33. The van der Waals surface area contributed by atoms with Gasteiger partial charge in [-0.2, -0.15) is 0 Å². The zero-order valence-electron chi connectivity index (χ0n) is 12.0. The van der Waals surface area contributed by atoms with Gasteiger partial charge in [0.2, 0.25) is 0 Å². The Labute approximate surface area is 113 Å². The Hall–Kier alpha value is -0.240. The van der Waals surface area contributed by atoms with Gasteiger partial charge in [-0.15, -0.1) is 0 Å². The maximum absolute atomic E-state index is 10.1. The van der Waals surface area contributed by atoms with Gasteiger partial charge in [0.05, 0.1) is 25.4 Å². The van der Waals surface area contributed by atoms with Gasteiger partial charge in [-0.1, -0.05) is 0 Å². The first-order valence-corrected chi connectivity index (χ1v) is 6.68. The van der Waals surface area contributed by atoms with Gasteiger partial charge >= 0.3 is 0 Å². The minimum Gasteiger partial charge on any atom is -0.390 e. The highest BCUT2D eigenvalue weighted by molar-refractivity contribution is 4.85. The quantitative estimate of drug-likeness (QED) is 0.774. The van der Waals surface area contributed by atoms with Crippen LogP contribution < -0.4 is 0 Å². The molecule has 6 nitrogen and oxygen atoms in total. The maximum atomic E-state index is 10.1. The lowest BCUT2D eigenvalue weighted by atomic mass is 10.0. The van der Waals surface area contributed by atoms with Crippen molar-refractivity contribution in [3.05, 3.63) is 0 Å². The highest BCUT2D eigenvalue weighted by atomic mass is 16.8. The first kappa shape index (κ1) is 15.2. The highest BCUT2D eigenvalue weighted by Crippen LogP contribution is 2.28. The van der Waals surface area contributed by atoms with Crippen LogP contribution in [0.5, 0.6) is 0 Å². The third-order valence-corrected chi connectivity index (χ3v) is 3.38. The zero-order chi connectivity index (χ0) is 14.3. The van der Waals surface area contributed by atoms with Crippen LogP contribution >= 0.6 is 0 Å². The summed E-state index contributed by atoms with van der Waals surface area (Å²) < 4.78 is 21.9. The Kier molecular flexibility index (Phi) is 4.21. The van der Waals surface area contributed by atoms with E-state index in [1.165, 1.54) is 0 Å². The second-order valence-electron chi connectivity index (χ2n) is 6.11. The SMILES string of the molecule is CC1(C)OC[C@@H](C[C@@H](O)[C@H](O)[C@H]2COC(C)(C)O2)O1. The number of aliphatic hydroxyl groups is 2. The van der Waals surface area contributed by atoms with E-state index < -0.39 is 29.9 Å². The lowest BCUT2D eigenvalue weighted by Gasteiger charge is -2.25. The molecule has 0 amide bonds. The van der Waals surface area contributed by atoms with E-state index in [9.17, 15) is 10.2 Å². The van der Waals surface area contributed by atoms with Crippen molar-refractivity contribution in [3.8, 4) is 0 Å². The molecular formula is C13H24O6. The van der Waals surface area contributed by atoms with Gasteiger partial charge in [-0.25, -0.2) is 0 Å². The Bertz CT molecular complexity index is 316. The van der Waals surface area contributed by atoms with E-state index in [-0.39, 0.29) is 12.7 Å². The molecule has 19 heavy (non-hydrogen) atoms. The van der Waals surface area contributed by atoms with Gasteiger partial charge < -0.3 is 29.2 Å². The van der Waals surface area contributed by atoms with Gasteiger partial charge in [0.1, 0.15) is 12.2 Å². The average molecular weight is 276 g/mol. The minimum atomic E-state index is -0.992. The molecule has 2 heterocycles. The van der Waals surface area contributed by atoms with Crippen LogP contribution in [-0.2, 0) is 18.9 Å². The lowest BCUT2D eigenvalue weighted by Crippen LogP contribution is -2.41. The largest absolute Gasteiger partial charge is 0.390 e. The third-order valence-electron chi connectivity index (χ3n) is 3.38. The van der Waals surface area contributed by atoms with Gasteiger partial charge in [0.15, 0.2) is 11.6 Å². The molecule has 0 radical (unpaired) electrons. The fourth-order valence-corrected chi connectivity index (χ4v) is 2.42. The molecule has 2 N–H and O–H groups in total. The Morgan fingerprint density at radius 1 is 1.00 bits per heavy atom. The summed E-state index contributed by atoms with van der Waals surface area (Å²) in [6.45, 7) is 7.91. The van der Waals surface area contributed by atoms with E-state index in [0.29, 0.717) is 13.0 Å². The van der Waals surface area contributed by atoms with Crippen molar-refractivity contribution in [2.45, 2.75) is 70.1 Å². The first-order valence-electron chi connectivity index (χ1n) is 6.68. The molecule has 0 unspecified atom stereocenters. The third kappa shape index (κ3) is 3.87. The summed E-state index contributed by atoms with van der Waals surface area (Å²) in [5, 5.41) is 20.1. The van der Waals surface area contributed by atoms with Crippen LogP contribution in [0.2, 0.25) is 0 Å². The molecule has 0 aromatic rings. The van der Waals surface area contributed by atoms with E-state index in [1.54, 1.807) is 13.8 Å². The second-order valence-corrected chi connectivity index (χ2v) is 6.11. The molecule has 0 bridgehead atoms. The highest BCUT2D eigenvalue weighted by Gasteiger charge is 2.41. The predicted octanol–water partition coefficient (Wildman–Crippen LogP) is 0.401. The normalized spacial score (nSPS) is 36.3. The van der Waals surface area contributed by atoms with Crippen LogP contribution in [0.4, 0.5) is 0 Å². The van der Waals surface area contributed by atoms with E-state index in [2.05, 4.69) is 0 Å². The summed E-state index contributed by atoms with van der Waals surface area (Å²) in [7, 11) is 0. The molecule has 0 aromatic carbocycles. The number of rotatable bonds is 4. The fourth-order valence-electron chi connectivity index (χ4n) is 2.42. The van der Waals surface area contributed by atoms with Gasteiger partial charge in [-0.05, 0) is 27.7 Å². The molecular weight excluding hydrogens is 252 g/mol. The van der Waals surface area contributed by atoms with Crippen molar-refractivity contribution in [2.75, 3.05) is 13.2 Å². The maximum Gasteiger partial charge on any atom is 0.163 e. The predicted molar refractivity (Wildman–Crippen MR) is 66.4 cm³/mol. The molecule has 2 fully saturated rings. The van der Waals surface area contributed by atoms with E-state index >= 15 is 0 Å². The Morgan fingerprint density at radius 2 is 1.58 bits per heavy atom. The van der Waals surface area contributed by atoms with Crippen LogP contribution in [0.25, 0.3) is 0 Å².